The summed E-state index contributed by atoms with van der Waals surface area (Å²) >= 11 is 0. The van der Waals surface area contributed by atoms with E-state index in [0.29, 0.717) is 0 Å². The summed E-state index contributed by atoms with van der Waals surface area (Å²) in [5, 5.41) is 0. The standard InChI is InChI=1S/C14H12O2/c1-9-7-13-14(8-10(9)2)16-12-6-4-3-5-11(12)15-13/h3-8H,1-2H3. The molecule has 1 heterocycles. The van der Waals surface area contributed by atoms with Crippen molar-refractivity contribution in [3.05, 3.63) is 47.5 Å². The molecule has 2 aromatic rings. The van der Waals surface area contributed by atoms with Gasteiger partial charge in [-0.3, -0.25) is 0 Å². The van der Waals surface area contributed by atoms with Crippen LogP contribution in [0.3, 0.4) is 0 Å². The van der Waals surface area contributed by atoms with E-state index in [4.69, 9.17) is 9.47 Å². The number of ether oxygens (including phenoxy) is 2. The molecule has 3 rings (SSSR count). The summed E-state index contributed by atoms with van der Waals surface area (Å²) in [5.41, 5.74) is 2.42. The smallest absolute Gasteiger partial charge is 0.170 e. The number of hydrogen-bond acceptors (Lipinski definition) is 2. The first-order valence-electron chi connectivity index (χ1n) is 5.30. The third-order valence-electron chi connectivity index (χ3n) is 2.85. The first kappa shape index (κ1) is 9.28. The summed E-state index contributed by atoms with van der Waals surface area (Å²) in [4.78, 5) is 0. The molecule has 0 aromatic heterocycles. The maximum atomic E-state index is 5.79. The molecule has 0 spiro atoms. The molecule has 2 heteroatoms. The van der Waals surface area contributed by atoms with Crippen LogP contribution >= 0.6 is 0 Å². The molecule has 0 N–H and O–H groups in total. The van der Waals surface area contributed by atoms with Crippen molar-refractivity contribution in [1.29, 1.82) is 0 Å². The van der Waals surface area contributed by atoms with Gasteiger partial charge in [0.1, 0.15) is 0 Å². The van der Waals surface area contributed by atoms with Crippen LogP contribution in [0.4, 0.5) is 0 Å². The first-order valence-corrected chi connectivity index (χ1v) is 5.30. The summed E-state index contributed by atoms with van der Waals surface area (Å²) < 4.78 is 11.6. The highest BCUT2D eigenvalue weighted by atomic mass is 16.6. The molecule has 16 heavy (non-hydrogen) atoms. The summed E-state index contributed by atoms with van der Waals surface area (Å²) in [7, 11) is 0. The Hall–Kier alpha value is -1.96. The molecular weight excluding hydrogens is 200 g/mol. The minimum atomic E-state index is 0.776. The van der Waals surface area contributed by atoms with Crippen LogP contribution < -0.4 is 9.47 Å². The summed E-state index contributed by atoms with van der Waals surface area (Å²) in [6.07, 6.45) is 0. The van der Waals surface area contributed by atoms with Gasteiger partial charge in [0.25, 0.3) is 0 Å². The lowest BCUT2D eigenvalue weighted by atomic mass is 10.1. The van der Waals surface area contributed by atoms with Crippen molar-refractivity contribution in [3.8, 4) is 23.0 Å². The van der Waals surface area contributed by atoms with Crippen molar-refractivity contribution < 1.29 is 9.47 Å². The number of rotatable bonds is 0. The molecule has 0 saturated heterocycles. The predicted octanol–water partition coefficient (Wildman–Crippen LogP) is 4.20. The number of para-hydroxylation sites is 2. The maximum Gasteiger partial charge on any atom is 0.170 e. The van der Waals surface area contributed by atoms with Gasteiger partial charge in [-0.25, -0.2) is 0 Å². The lowest BCUT2D eigenvalue weighted by molar-refractivity contribution is 0.359. The molecule has 0 unspecified atom stereocenters. The van der Waals surface area contributed by atoms with Gasteiger partial charge in [-0.2, -0.15) is 0 Å². The molecule has 80 valence electrons. The van der Waals surface area contributed by atoms with Gasteiger partial charge < -0.3 is 9.47 Å². The zero-order valence-electron chi connectivity index (χ0n) is 9.28. The van der Waals surface area contributed by atoms with Gasteiger partial charge in [0.05, 0.1) is 0 Å². The van der Waals surface area contributed by atoms with Gasteiger partial charge in [-0.1, -0.05) is 12.1 Å². The van der Waals surface area contributed by atoms with Gasteiger partial charge in [0, 0.05) is 0 Å². The van der Waals surface area contributed by atoms with Crippen LogP contribution in [0, 0.1) is 13.8 Å². The molecule has 0 fully saturated rings. The lowest BCUT2D eigenvalue weighted by Crippen LogP contribution is -1.99. The van der Waals surface area contributed by atoms with Crippen LogP contribution in [-0.4, -0.2) is 0 Å². The van der Waals surface area contributed by atoms with E-state index in [-0.39, 0.29) is 0 Å². The second-order valence-electron chi connectivity index (χ2n) is 4.03. The minimum Gasteiger partial charge on any atom is -0.450 e. The monoisotopic (exact) mass is 212 g/mol. The lowest BCUT2D eigenvalue weighted by Gasteiger charge is -2.21. The Labute approximate surface area is 94.4 Å². The zero-order valence-corrected chi connectivity index (χ0v) is 9.28. The zero-order chi connectivity index (χ0) is 11.1. The van der Waals surface area contributed by atoms with Crippen molar-refractivity contribution in [2.75, 3.05) is 0 Å². The van der Waals surface area contributed by atoms with E-state index in [1.165, 1.54) is 11.1 Å². The fraction of sp³-hybridized carbons (Fsp3) is 0.143. The van der Waals surface area contributed by atoms with E-state index < -0.39 is 0 Å². The van der Waals surface area contributed by atoms with Crippen molar-refractivity contribution >= 4 is 0 Å². The molecule has 0 saturated carbocycles. The number of benzene rings is 2. The third-order valence-corrected chi connectivity index (χ3v) is 2.85. The molecule has 0 bridgehead atoms. The molecule has 0 atom stereocenters. The van der Waals surface area contributed by atoms with E-state index >= 15 is 0 Å². The van der Waals surface area contributed by atoms with E-state index in [1.54, 1.807) is 0 Å². The average Bonchev–Trinajstić information content (AvgIpc) is 2.28. The van der Waals surface area contributed by atoms with Crippen LogP contribution in [0.2, 0.25) is 0 Å². The molecule has 0 radical (unpaired) electrons. The molecule has 0 aliphatic carbocycles. The maximum absolute atomic E-state index is 5.79. The number of fused-ring (bicyclic) bond motifs is 2. The van der Waals surface area contributed by atoms with Crippen molar-refractivity contribution in [3.63, 3.8) is 0 Å². The van der Waals surface area contributed by atoms with Crippen LogP contribution in [-0.2, 0) is 0 Å². The van der Waals surface area contributed by atoms with Crippen LogP contribution in [0.15, 0.2) is 36.4 Å². The fourth-order valence-corrected chi connectivity index (χ4v) is 1.78. The van der Waals surface area contributed by atoms with Crippen molar-refractivity contribution in [2.45, 2.75) is 13.8 Å². The molecule has 1 aliphatic rings. The van der Waals surface area contributed by atoms with E-state index in [9.17, 15) is 0 Å². The first-order chi connectivity index (χ1) is 7.74. The van der Waals surface area contributed by atoms with Gasteiger partial charge in [0.15, 0.2) is 23.0 Å². The largest absolute Gasteiger partial charge is 0.450 e. The Morgan fingerprint density at radius 3 is 1.56 bits per heavy atom. The summed E-state index contributed by atoms with van der Waals surface area (Å²) in [6, 6.07) is 11.7. The Morgan fingerprint density at radius 2 is 1.12 bits per heavy atom. The van der Waals surface area contributed by atoms with Crippen LogP contribution in [0.1, 0.15) is 11.1 Å². The van der Waals surface area contributed by atoms with Gasteiger partial charge in [0.2, 0.25) is 0 Å². The second-order valence-corrected chi connectivity index (χ2v) is 4.03. The molecule has 2 aromatic carbocycles. The molecule has 1 aliphatic heterocycles. The minimum absolute atomic E-state index is 0.776. The van der Waals surface area contributed by atoms with E-state index in [0.717, 1.165) is 23.0 Å². The Kier molecular flexibility index (Phi) is 1.90. The van der Waals surface area contributed by atoms with Crippen LogP contribution in [0.25, 0.3) is 0 Å². The van der Waals surface area contributed by atoms with Crippen molar-refractivity contribution in [2.24, 2.45) is 0 Å². The quantitative estimate of drug-likeness (QED) is 0.556. The highest BCUT2D eigenvalue weighted by molar-refractivity contribution is 5.56. The van der Waals surface area contributed by atoms with E-state index in [1.807, 2.05) is 36.4 Å². The van der Waals surface area contributed by atoms with Gasteiger partial charge in [-0.05, 0) is 49.2 Å². The van der Waals surface area contributed by atoms with Gasteiger partial charge in [-0.15, -0.1) is 0 Å². The average molecular weight is 212 g/mol. The summed E-state index contributed by atoms with van der Waals surface area (Å²) in [6.45, 7) is 4.14. The SMILES string of the molecule is Cc1cc2c(cc1C)Oc1ccccc1O2. The van der Waals surface area contributed by atoms with Crippen LogP contribution in [0.5, 0.6) is 23.0 Å². The van der Waals surface area contributed by atoms with E-state index in [2.05, 4.69) is 13.8 Å². The Bertz CT molecular complexity index is 509. The third kappa shape index (κ3) is 1.34. The normalized spacial score (nSPS) is 12.1. The summed E-state index contributed by atoms with van der Waals surface area (Å²) in [5.74, 6) is 3.14. The highest BCUT2D eigenvalue weighted by Crippen LogP contribution is 2.45. The fourth-order valence-electron chi connectivity index (χ4n) is 1.78. The highest BCUT2D eigenvalue weighted by Gasteiger charge is 2.18. The predicted molar refractivity (Wildman–Crippen MR) is 62.5 cm³/mol. The molecule has 0 amide bonds. The second kappa shape index (κ2) is 3.27. The number of hydrogen-bond donors (Lipinski definition) is 0. The Balaban J connectivity index is 2.12. The number of aryl methyl sites for hydroxylation is 2. The molecular formula is C14H12O2. The van der Waals surface area contributed by atoms with Crippen molar-refractivity contribution in [1.82, 2.24) is 0 Å². The molecule has 2 nitrogen and oxygen atoms in total. The van der Waals surface area contributed by atoms with Gasteiger partial charge >= 0.3 is 0 Å². The topological polar surface area (TPSA) is 18.5 Å². The Morgan fingerprint density at radius 1 is 0.688 bits per heavy atom.